The highest BCUT2D eigenvalue weighted by Crippen LogP contribution is 2.44. The lowest BCUT2D eigenvalue weighted by Crippen LogP contribution is -2.41. The van der Waals surface area contributed by atoms with E-state index in [2.05, 4.69) is 48.8 Å². The number of nitriles is 1. The fraction of sp³-hybridized carbons (Fsp3) is 0.407. The number of aromatic amines is 1. The second-order valence-corrected chi connectivity index (χ2v) is 9.56. The molecule has 2 amide bonds. The number of allylic oxidation sites excluding steroid dienone is 2. The molecule has 1 aliphatic heterocycles. The Morgan fingerprint density at radius 3 is 2.74 bits per heavy atom. The van der Waals surface area contributed by atoms with Gasteiger partial charge in [0.2, 0.25) is 5.91 Å². The highest BCUT2D eigenvalue weighted by molar-refractivity contribution is 5.96. The van der Waals surface area contributed by atoms with Gasteiger partial charge in [0.15, 0.2) is 5.82 Å². The number of aromatic nitrogens is 4. The first-order chi connectivity index (χ1) is 18.4. The van der Waals surface area contributed by atoms with Crippen molar-refractivity contribution >= 4 is 11.8 Å². The van der Waals surface area contributed by atoms with E-state index in [0.29, 0.717) is 42.9 Å². The van der Waals surface area contributed by atoms with E-state index in [1.165, 1.54) is 0 Å². The van der Waals surface area contributed by atoms with Crippen LogP contribution in [0.25, 0.3) is 0 Å². The van der Waals surface area contributed by atoms with E-state index < -0.39 is 11.3 Å². The van der Waals surface area contributed by atoms with Gasteiger partial charge in [-0.1, -0.05) is 42.2 Å². The minimum absolute atomic E-state index is 0.0977. The van der Waals surface area contributed by atoms with Crippen LogP contribution >= 0.6 is 0 Å². The number of rotatable bonds is 11. The van der Waals surface area contributed by atoms with Gasteiger partial charge in [0.25, 0.3) is 5.91 Å². The van der Waals surface area contributed by atoms with Gasteiger partial charge in [-0.15, -0.1) is 10.2 Å². The molecule has 1 aliphatic carbocycles. The Morgan fingerprint density at radius 2 is 2.13 bits per heavy atom. The summed E-state index contributed by atoms with van der Waals surface area (Å²) in [7, 11) is 1.60. The largest absolute Gasteiger partial charge is 0.366 e. The fourth-order valence-corrected chi connectivity index (χ4v) is 5.43. The highest BCUT2D eigenvalue weighted by atomic mass is 16.2. The van der Waals surface area contributed by atoms with Crippen LogP contribution in [0.2, 0.25) is 0 Å². The summed E-state index contributed by atoms with van der Waals surface area (Å²) in [6.07, 6.45) is 8.77. The number of hydrogen-bond acceptors (Lipinski definition) is 8. The van der Waals surface area contributed by atoms with Crippen LogP contribution in [0.1, 0.15) is 47.4 Å². The third-order valence-electron chi connectivity index (χ3n) is 7.48. The Kier molecular flexibility index (Phi) is 8.33. The smallest absolute Gasteiger partial charge is 0.250 e. The molecule has 2 heterocycles. The Bertz CT molecular complexity index is 1260. The molecule has 198 valence electrons. The van der Waals surface area contributed by atoms with Gasteiger partial charge in [-0.05, 0) is 55.8 Å². The number of primary amides is 1. The standard InChI is InChI=1S/C27H33N9O2/c1-18(36-15-3-4-23(36)16-28)17-31-14-13-27(26-32-34-35-33-26,21-9-5-19(6-10-21)24(29)37)22-11-7-20(8-12-22)25(38)30-2/h5-11,22-23,31H,1,3-4,12-15,17H2,2H3,(H2,29,37)(H,30,38)(H,32,33,34,35). The lowest BCUT2D eigenvalue weighted by atomic mass is 9.64. The van der Waals surface area contributed by atoms with Gasteiger partial charge in [-0.2, -0.15) is 10.5 Å². The second-order valence-electron chi connectivity index (χ2n) is 9.56. The summed E-state index contributed by atoms with van der Waals surface area (Å²) in [6.45, 7) is 6.17. The van der Waals surface area contributed by atoms with Gasteiger partial charge in [0.05, 0.1) is 11.5 Å². The molecule has 1 aromatic carbocycles. The quantitative estimate of drug-likeness (QED) is 0.325. The molecule has 4 rings (SSSR count). The van der Waals surface area contributed by atoms with Gasteiger partial charge >= 0.3 is 0 Å². The third-order valence-corrected chi connectivity index (χ3v) is 7.48. The number of tetrazole rings is 1. The summed E-state index contributed by atoms with van der Waals surface area (Å²) in [5.74, 6) is -0.233. The molecule has 3 atom stereocenters. The number of nitrogens with zero attached hydrogens (tertiary/aromatic N) is 5. The number of hydrogen-bond donors (Lipinski definition) is 4. The Balaban J connectivity index is 1.62. The van der Waals surface area contributed by atoms with Gasteiger partial charge in [0.1, 0.15) is 6.04 Å². The van der Waals surface area contributed by atoms with Crippen LogP contribution < -0.4 is 16.4 Å². The minimum Gasteiger partial charge on any atom is -0.366 e. The van der Waals surface area contributed by atoms with Crippen molar-refractivity contribution in [3.05, 3.63) is 77.3 Å². The fourth-order valence-electron chi connectivity index (χ4n) is 5.43. The van der Waals surface area contributed by atoms with Crippen LogP contribution in [0.5, 0.6) is 0 Å². The van der Waals surface area contributed by atoms with Crippen molar-refractivity contribution in [1.29, 1.82) is 5.26 Å². The predicted molar refractivity (Wildman–Crippen MR) is 141 cm³/mol. The second kappa shape index (κ2) is 11.8. The maximum atomic E-state index is 12.2. The Labute approximate surface area is 221 Å². The van der Waals surface area contributed by atoms with Crippen molar-refractivity contribution in [1.82, 2.24) is 36.2 Å². The number of H-pyrrole nitrogens is 1. The number of nitrogens with one attached hydrogen (secondary N) is 3. The van der Waals surface area contributed by atoms with Crippen LogP contribution in [0.3, 0.4) is 0 Å². The molecule has 5 N–H and O–H groups in total. The number of benzene rings is 1. The molecule has 1 fully saturated rings. The van der Waals surface area contributed by atoms with Crippen LogP contribution in [-0.2, 0) is 10.2 Å². The lowest BCUT2D eigenvalue weighted by molar-refractivity contribution is -0.116. The first-order valence-electron chi connectivity index (χ1n) is 12.7. The minimum atomic E-state index is -0.721. The molecular formula is C27H33N9O2. The lowest BCUT2D eigenvalue weighted by Gasteiger charge is -2.39. The normalized spacial score (nSPS) is 20.3. The monoisotopic (exact) mass is 515 g/mol. The molecule has 11 nitrogen and oxygen atoms in total. The molecule has 2 aliphatic rings. The molecule has 0 bridgehead atoms. The van der Waals surface area contributed by atoms with Crippen LogP contribution in [-0.4, -0.2) is 70.1 Å². The first kappa shape index (κ1) is 26.8. The van der Waals surface area contributed by atoms with Gasteiger partial charge < -0.3 is 21.3 Å². The first-order valence-corrected chi connectivity index (χ1v) is 12.7. The number of carbonyl (C=O) groups is 2. The molecule has 2 aromatic rings. The van der Waals surface area contributed by atoms with Crippen molar-refractivity contribution in [3.8, 4) is 6.07 Å². The molecule has 0 spiro atoms. The molecule has 3 unspecified atom stereocenters. The van der Waals surface area contributed by atoms with E-state index in [9.17, 15) is 14.9 Å². The van der Waals surface area contributed by atoms with Crippen molar-refractivity contribution in [2.75, 3.05) is 26.7 Å². The number of likely N-dealkylation sites (N-methyl/N-ethyl adjacent to an activating group) is 1. The zero-order valence-corrected chi connectivity index (χ0v) is 21.5. The summed E-state index contributed by atoms with van der Waals surface area (Å²) >= 11 is 0. The summed E-state index contributed by atoms with van der Waals surface area (Å²) in [5.41, 5.74) is 7.56. The maximum absolute atomic E-state index is 12.2. The van der Waals surface area contributed by atoms with E-state index in [1.54, 1.807) is 19.2 Å². The number of carbonyl (C=O) groups excluding carboxylic acids is 2. The average Bonchev–Trinajstić information content (AvgIpc) is 3.66. The van der Waals surface area contributed by atoms with Crippen molar-refractivity contribution in [2.24, 2.45) is 11.7 Å². The van der Waals surface area contributed by atoms with Crippen molar-refractivity contribution in [3.63, 3.8) is 0 Å². The van der Waals surface area contributed by atoms with Crippen LogP contribution in [0.4, 0.5) is 0 Å². The highest BCUT2D eigenvalue weighted by Gasteiger charge is 2.44. The summed E-state index contributed by atoms with van der Waals surface area (Å²) in [4.78, 5) is 26.0. The van der Waals surface area contributed by atoms with Crippen LogP contribution in [0, 0.1) is 17.2 Å². The molecule has 0 radical (unpaired) electrons. The van der Waals surface area contributed by atoms with Crippen LogP contribution in [0.15, 0.2) is 60.3 Å². The van der Waals surface area contributed by atoms with E-state index in [0.717, 1.165) is 30.6 Å². The molecule has 11 heteroatoms. The van der Waals surface area contributed by atoms with E-state index >= 15 is 0 Å². The van der Waals surface area contributed by atoms with Crippen molar-refractivity contribution in [2.45, 2.75) is 37.1 Å². The molecule has 38 heavy (non-hydrogen) atoms. The zero-order chi connectivity index (χ0) is 27.1. The van der Waals surface area contributed by atoms with E-state index in [-0.39, 0.29) is 17.9 Å². The SMILES string of the molecule is C=C(CNCCC(c1ccc(C(N)=O)cc1)(c1nn[nH]n1)C1C=CC(C(=O)NC)=CC1)N1CCCC1C#N. The number of amides is 2. The van der Waals surface area contributed by atoms with Crippen molar-refractivity contribution < 1.29 is 9.59 Å². The van der Waals surface area contributed by atoms with Gasteiger partial charge in [-0.25, -0.2) is 0 Å². The average molecular weight is 516 g/mol. The topological polar surface area (TPSA) is 166 Å². The van der Waals surface area contributed by atoms with E-state index in [4.69, 9.17) is 5.73 Å². The molecular weight excluding hydrogens is 482 g/mol. The predicted octanol–water partition coefficient (Wildman–Crippen LogP) is 1.31. The zero-order valence-electron chi connectivity index (χ0n) is 21.5. The maximum Gasteiger partial charge on any atom is 0.250 e. The number of nitrogens with two attached hydrogens (primary N) is 1. The van der Waals surface area contributed by atoms with Gasteiger partial charge in [0, 0.05) is 37.0 Å². The third kappa shape index (κ3) is 5.35. The molecule has 0 saturated carbocycles. The van der Waals surface area contributed by atoms with Gasteiger partial charge in [-0.3, -0.25) is 9.59 Å². The molecule has 1 aromatic heterocycles. The molecule has 1 saturated heterocycles. The van der Waals surface area contributed by atoms with E-state index in [1.807, 2.05) is 30.4 Å². The summed E-state index contributed by atoms with van der Waals surface area (Å²) in [6, 6.07) is 9.40. The number of likely N-dealkylation sites (tertiary alicyclic amines) is 1. The Morgan fingerprint density at radius 1 is 1.34 bits per heavy atom. The summed E-state index contributed by atoms with van der Waals surface area (Å²) in [5, 5.41) is 30.8. The Hall–Kier alpha value is -4.30. The summed E-state index contributed by atoms with van der Waals surface area (Å²) < 4.78 is 0.